The number of rotatable bonds is 2. The molecule has 0 amide bonds. The van der Waals surface area contributed by atoms with E-state index in [0.29, 0.717) is 11.8 Å². The Morgan fingerprint density at radius 1 is 0.750 bits per heavy atom. The average Bonchev–Trinajstić information content (AvgIpc) is 2.05. The van der Waals surface area contributed by atoms with Crippen molar-refractivity contribution in [3.05, 3.63) is 0 Å². The van der Waals surface area contributed by atoms with E-state index in [4.69, 9.17) is 10.2 Å². The van der Waals surface area contributed by atoms with E-state index >= 15 is 0 Å². The highest BCUT2D eigenvalue weighted by Gasteiger charge is 2.20. The van der Waals surface area contributed by atoms with Gasteiger partial charge in [-0.15, -0.1) is 0 Å². The van der Waals surface area contributed by atoms with Gasteiger partial charge in [0.1, 0.15) is 0 Å². The van der Waals surface area contributed by atoms with Crippen molar-refractivity contribution in [2.45, 2.75) is 38.5 Å². The van der Waals surface area contributed by atoms with E-state index in [9.17, 15) is 0 Å². The first-order chi connectivity index (χ1) is 5.88. The lowest BCUT2D eigenvalue weighted by Crippen LogP contribution is -2.23. The number of hydrogen-bond donors (Lipinski definition) is 2. The lowest BCUT2D eigenvalue weighted by molar-refractivity contribution is 0.0991. The van der Waals surface area contributed by atoms with Gasteiger partial charge in [-0.25, -0.2) is 0 Å². The third-order valence-electron chi connectivity index (χ3n) is 3.04. The highest BCUT2D eigenvalue weighted by atomic mass is 16.3. The zero-order valence-electron chi connectivity index (χ0n) is 7.71. The Morgan fingerprint density at radius 3 is 1.50 bits per heavy atom. The second-order valence-corrected chi connectivity index (χ2v) is 3.88. The normalized spacial score (nSPS) is 32.5. The Kier molecular flexibility index (Phi) is 4.62. The van der Waals surface area contributed by atoms with E-state index in [1.807, 2.05) is 0 Å². The molecule has 72 valence electrons. The molecule has 0 radical (unpaired) electrons. The summed E-state index contributed by atoms with van der Waals surface area (Å²) in [6.07, 6.45) is 7.25. The minimum Gasteiger partial charge on any atom is -0.396 e. The third kappa shape index (κ3) is 2.76. The molecule has 1 aliphatic carbocycles. The monoisotopic (exact) mass is 172 g/mol. The van der Waals surface area contributed by atoms with Gasteiger partial charge >= 0.3 is 0 Å². The first-order valence-corrected chi connectivity index (χ1v) is 5.10. The second-order valence-electron chi connectivity index (χ2n) is 3.88. The Balaban J connectivity index is 2.39. The molecular formula is C10H20O2. The standard InChI is InChI=1S/C10H20O2/c11-7-9-5-3-1-2-4-6-10(9)8-12/h9-12H,1-8H2. The van der Waals surface area contributed by atoms with E-state index in [1.165, 1.54) is 25.7 Å². The molecule has 2 N–H and O–H groups in total. The SMILES string of the molecule is OCC1CCCCCCC1CO. The van der Waals surface area contributed by atoms with Crippen LogP contribution in [0.25, 0.3) is 0 Å². The minimum atomic E-state index is 0.255. The molecule has 0 aliphatic heterocycles. The molecule has 2 heteroatoms. The van der Waals surface area contributed by atoms with Gasteiger partial charge in [-0.05, 0) is 24.7 Å². The van der Waals surface area contributed by atoms with Crippen LogP contribution in [0.3, 0.4) is 0 Å². The fourth-order valence-electron chi connectivity index (χ4n) is 2.12. The minimum absolute atomic E-state index is 0.255. The second kappa shape index (κ2) is 5.55. The van der Waals surface area contributed by atoms with E-state index in [0.717, 1.165) is 12.8 Å². The maximum Gasteiger partial charge on any atom is 0.0462 e. The quantitative estimate of drug-likeness (QED) is 0.663. The summed E-state index contributed by atoms with van der Waals surface area (Å²) in [6.45, 7) is 0.510. The fraction of sp³-hybridized carbons (Fsp3) is 1.00. The van der Waals surface area contributed by atoms with Crippen LogP contribution in [0.15, 0.2) is 0 Å². The zero-order chi connectivity index (χ0) is 8.81. The zero-order valence-corrected chi connectivity index (χ0v) is 7.71. The summed E-state index contributed by atoms with van der Waals surface area (Å²) >= 11 is 0. The first kappa shape index (κ1) is 10.0. The van der Waals surface area contributed by atoms with E-state index in [1.54, 1.807) is 0 Å². The molecule has 2 nitrogen and oxygen atoms in total. The molecule has 0 aromatic carbocycles. The topological polar surface area (TPSA) is 40.5 Å². The Labute approximate surface area is 74.6 Å². The van der Waals surface area contributed by atoms with E-state index < -0.39 is 0 Å². The van der Waals surface area contributed by atoms with Crippen molar-refractivity contribution < 1.29 is 10.2 Å². The van der Waals surface area contributed by atoms with Gasteiger partial charge in [-0.3, -0.25) is 0 Å². The molecule has 1 aliphatic rings. The largest absolute Gasteiger partial charge is 0.396 e. The van der Waals surface area contributed by atoms with Crippen molar-refractivity contribution >= 4 is 0 Å². The molecule has 0 bridgehead atoms. The summed E-state index contributed by atoms with van der Waals surface area (Å²) in [5.74, 6) is 0.714. The van der Waals surface area contributed by atoms with Crippen LogP contribution in [0.4, 0.5) is 0 Å². The smallest absolute Gasteiger partial charge is 0.0462 e. The van der Waals surface area contributed by atoms with Crippen LogP contribution in [0.5, 0.6) is 0 Å². The summed E-state index contributed by atoms with van der Waals surface area (Å²) in [7, 11) is 0. The molecule has 12 heavy (non-hydrogen) atoms. The van der Waals surface area contributed by atoms with Crippen molar-refractivity contribution in [3.63, 3.8) is 0 Å². The van der Waals surface area contributed by atoms with Crippen molar-refractivity contribution in [2.75, 3.05) is 13.2 Å². The van der Waals surface area contributed by atoms with Gasteiger partial charge in [0.15, 0.2) is 0 Å². The van der Waals surface area contributed by atoms with Gasteiger partial charge in [-0.1, -0.05) is 25.7 Å². The van der Waals surface area contributed by atoms with Crippen LogP contribution < -0.4 is 0 Å². The van der Waals surface area contributed by atoms with Crippen LogP contribution in [0, 0.1) is 11.8 Å². The van der Waals surface area contributed by atoms with Crippen molar-refractivity contribution in [1.29, 1.82) is 0 Å². The van der Waals surface area contributed by atoms with Crippen LogP contribution in [0.2, 0.25) is 0 Å². The van der Waals surface area contributed by atoms with E-state index in [-0.39, 0.29) is 13.2 Å². The molecule has 1 fully saturated rings. The summed E-state index contributed by atoms with van der Waals surface area (Å²) in [5.41, 5.74) is 0. The van der Waals surface area contributed by atoms with Crippen molar-refractivity contribution in [2.24, 2.45) is 11.8 Å². The molecule has 0 spiro atoms. The van der Waals surface area contributed by atoms with Crippen LogP contribution in [-0.4, -0.2) is 23.4 Å². The fourth-order valence-corrected chi connectivity index (χ4v) is 2.12. The van der Waals surface area contributed by atoms with Gasteiger partial charge in [0, 0.05) is 13.2 Å². The lowest BCUT2D eigenvalue weighted by Gasteiger charge is -2.25. The number of aliphatic hydroxyl groups excluding tert-OH is 2. The molecule has 0 heterocycles. The number of aliphatic hydroxyl groups is 2. The maximum atomic E-state index is 9.10. The van der Waals surface area contributed by atoms with Gasteiger partial charge in [0.05, 0.1) is 0 Å². The highest BCUT2D eigenvalue weighted by molar-refractivity contribution is 4.71. The maximum absolute atomic E-state index is 9.10. The number of hydrogen-bond acceptors (Lipinski definition) is 2. The summed E-state index contributed by atoms with van der Waals surface area (Å²) in [4.78, 5) is 0. The molecule has 0 aromatic heterocycles. The summed E-state index contributed by atoms with van der Waals surface area (Å²) < 4.78 is 0. The third-order valence-corrected chi connectivity index (χ3v) is 3.04. The molecule has 2 atom stereocenters. The highest BCUT2D eigenvalue weighted by Crippen LogP contribution is 2.26. The predicted octanol–water partition coefficient (Wildman–Crippen LogP) is 1.56. The molecule has 0 aromatic rings. The lowest BCUT2D eigenvalue weighted by atomic mass is 9.83. The molecule has 2 unspecified atom stereocenters. The van der Waals surface area contributed by atoms with E-state index in [2.05, 4.69) is 0 Å². The molecule has 1 saturated carbocycles. The van der Waals surface area contributed by atoms with Crippen LogP contribution in [0.1, 0.15) is 38.5 Å². The first-order valence-electron chi connectivity index (χ1n) is 5.10. The Morgan fingerprint density at radius 2 is 1.17 bits per heavy atom. The van der Waals surface area contributed by atoms with Gasteiger partial charge in [0.2, 0.25) is 0 Å². The van der Waals surface area contributed by atoms with Gasteiger partial charge in [0.25, 0.3) is 0 Å². The average molecular weight is 172 g/mol. The van der Waals surface area contributed by atoms with Crippen molar-refractivity contribution in [3.8, 4) is 0 Å². The molecule has 0 saturated heterocycles. The van der Waals surface area contributed by atoms with Crippen LogP contribution in [-0.2, 0) is 0 Å². The predicted molar refractivity (Wildman–Crippen MR) is 48.9 cm³/mol. The van der Waals surface area contributed by atoms with Gasteiger partial charge < -0.3 is 10.2 Å². The van der Waals surface area contributed by atoms with Crippen LogP contribution >= 0.6 is 0 Å². The molecule has 1 rings (SSSR count). The Bertz CT molecular complexity index is 100. The van der Waals surface area contributed by atoms with Gasteiger partial charge in [-0.2, -0.15) is 0 Å². The van der Waals surface area contributed by atoms with Crippen molar-refractivity contribution in [1.82, 2.24) is 0 Å². The summed E-state index contributed by atoms with van der Waals surface area (Å²) in [6, 6.07) is 0. The Hall–Kier alpha value is -0.0800. The summed E-state index contributed by atoms with van der Waals surface area (Å²) in [5, 5.41) is 18.2. The molecular weight excluding hydrogens is 152 g/mol.